The Labute approximate surface area is 117 Å². The van der Waals surface area contributed by atoms with Crippen LogP contribution in [0.4, 0.5) is 0 Å². The Balaban J connectivity index is 1.77. The summed E-state index contributed by atoms with van der Waals surface area (Å²) in [5.41, 5.74) is 0.0510. The number of carboxylic acids is 1. The molecule has 6 nitrogen and oxygen atoms in total. The van der Waals surface area contributed by atoms with Crippen LogP contribution in [0.3, 0.4) is 0 Å². The zero-order chi connectivity index (χ0) is 14.3. The van der Waals surface area contributed by atoms with Crippen molar-refractivity contribution in [2.75, 3.05) is 6.54 Å². The van der Waals surface area contributed by atoms with E-state index >= 15 is 0 Å². The minimum atomic E-state index is -3.60. The molecule has 3 rings (SSSR count). The molecule has 7 heteroatoms. The van der Waals surface area contributed by atoms with Crippen LogP contribution in [0.5, 0.6) is 0 Å². The molecule has 0 radical (unpaired) electrons. The smallest absolute Gasteiger partial charge is 0.352 e. The maximum Gasteiger partial charge on any atom is 0.352 e. The molecule has 0 bridgehead atoms. The lowest BCUT2D eigenvalue weighted by atomic mass is 10.3. The largest absolute Gasteiger partial charge is 0.477 e. The second-order valence-corrected chi connectivity index (χ2v) is 7.40. The molecule has 0 aliphatic heterocycles. The molecule has 2 aliphatic carbocycles. The van der Waals surface area contributed by atoms with E-state index < -0.39 is 16.0 Å². The molecule has 0 aromatic carbocycles. The highest BCUT2D eigenvalue weighted by atomic mass is 32.2. The second-order valence-electron chi connectivity index (χ2n) is 5.63. The summed E-state index contributed by atoms with van der Waals surface area (Å²) in [5.74, 6) is -0.431. The van der Waals surface area contributed by atoms with E-state index in [1.165, 1.54) is 25.1 Å². The van der Waals surface area contributed by atoms with Crippen molar-refractivity contribution in [2.45, 2.75) is 43.0 Å². The first-order valence-corrected chi connectivity index (χ1v) is 8.40. The lowest BCUT2D eigenvalue weighted by Crippen LogP contribution is -2.24. The molecule has 1 heterocycles. The van der Waals surface area contributed by atoms with Gasteiger partial charge in [0.2, 0.25) is 10.0 Å². The molecule has 2 saturated carbocycles. The number of nitrogens with zero attached hydrogens (tertiary/aromatic N) is 1. The summed E-state index contributed by atoms with van der Waals surface area (Å²) in [7, 11) is -3.60. The lowest BCUT2D eigenvalue weighted by molar-refractivity contribution is 0.0685. The highest BCUT2D eigenvalue weighted by molar-refractivity contribution is 7.89. The van der Waals surface area contributed by atoms with E-state index in [2.05, 4.69) is 4.72 Å². The SMILES string of the molecule is O=C(O)c1cc(S(=O)(=O)NCCC2CC2)cn1C1CC1. The number of aromatic carboxylic acids is 1. The summed E-state index contributed by atoms with van der Waals surface area (Å²) in [6.45, 7) is 0.421. The third-order valence-electron chi connectivity index (χ3n) is 3.83. The van der Waals surface area contributed by atoms with Gasteiger partial charge >= 0.3 is 5.97 Å². The molecule has 1 aromatic heterocycles. The lowest BCUT2D eigenvalue weighted by Gasteiger charge is -2.04. The third kappa shape index (κ3) is 2.88. The Morgan fingerprint density at radius 1 is 1.35 bits per heavy atom. The van der Waals surface area contributed by atoms with Gasteiger partial charge in [-0.25, -0.2) is 17.9 Å². The molecule has 2 fully saturated rings. The third-order valence-corrected chi connectivity index (χ3v) is 5.26. The molecule has 20 heavy (non-hydrogen) atoms. The van der Waals surface area contributed by atoms with Crippen LogP contribution in [0.25, 0.3) is 0 Å². The summed E-state index contributed by atoms with van der Waals surface area (Å²) in [6, 6.07) is 1.39. The van der Waals surface area contributed by atoms with Gasteiger partial charge in [-0.05, 0) is 31.2 Å². The molecule has 0 amide bonds. The van der Waals surface area contributed by atoms with E-state index in [-0.39, 0.29) is 16.6 Å². The summed E-state index contributed by atoms with van der Waals surface area (Å²) < 4.78 is 28.4. The molecular weight excluding hydrogens is 280 g/mol. The van der Waals surface area contributed by atoms with E-state index in [1.807, 2.05) is 0 Å². The topological polar surface area (TPSA) is 88.4 Å². The molecule has 0 atom stereocenters. The van der Waals surface area contributed by atoms with Gasteiger partial charge in [0.1, 0.15) is 10.6 Å². The van der Waals surface area contributed by atoms with E-state index in [0.717, 1.165) is 19.3 Å². The number of aromatic nitrogens is 1. The highest BCUT2D eigenvalue weighted by Gasteiger charge is 2.30. The van der Waals surface area contributed by atoms with Crippen LogP contribution in [0.2, 0.25) is 0 Å². The number of hydrogen-bond acceptors (Lipinski definition) is 3. The van der Waals surface area contributed by atoms with Gasteiger partial charge in [-0.15, -0.1) is 0 Å². The normalized spacial score (nSPS) is 19.2. The van der Waals surface area contributed by atoms with Gasteiger partial charge in [0.15, 0.2) is 0 Å². The van der Waals surface area contributed by atoms with Crippen molar-refractivity contribution in [2.24, 2.45) is 5.92 Å². The zero-order valence-electron chi connectivity index (χ0n) is 11.1. The van der Waals surface area contributed by atoms with E-state index in [0.29, 0.717) is 12.5 Å². The Hall–Kier alpha value is -1.34. The summed E-state index contributed by atoms with van der Waals surface area (Å²) in [4.78, 5) is 11.2. The van der Waals surface area contributed by atoms with Crippen molar-refractivity contribution in [1.29, 1.82) is 0 Å². The molecule has 110 valence electrons. The van der Waals surface area contributed by atoms with E-state index in [9.17, 15) is 13.2 Å². The number of carbonyl (C=O) groups is 1. The second kappa shape index (κ2) is 4.89. The Kier molecular flexibility index (Phi) is 3.33. The number of hydrogen-bond donors (Lipinski definition) is 2. The molecule has 0 saturated heterocycles. The predicted molar refractivity (Wildman–Crippen MR) is 72.2 cm³/mol. The van der Waals surface area contributed by atoms with Crippen molar-refractivity contribution < 1.29 is 18.3 Å². The predicted octanol–water partition coefficient (Wildman–Crippen LogP) is 1.60. The zero-order valence-corrected chi connectivity index (χ0v) is 11.9. The van der Waals surface area contributed by atoms with Crippen LogP contribution < -0.4 is 4.72 Å². The summed E-state index contributed by atoms with van der Waals surface area (Å²) >= 11 is 0. The molecule has 1 aromatic rings. The van der Waals surface area contributed by atoms with Crippen LogP contribution in [-0.4, -0.2) is 30.6 Å². The van der Waals surface area contributed by atoms with Gasteiger partial charge in [0, 0.05) is 18.8 Å². The fourth-order valence-electron chi connectivity index (χ4n) is 2.31. The molecule has 0 unspecified atom stereocenters. The van der Waals surface area contributed by atoms with E-state index in [1.54, 1.807) is 4.57 Å². The monoisotopic (exact) mass is 298 g/mol. The Bertz CT molecular complexity index is 627. The standard InChI is InChI=1S/C13H18N2O4S/c16-13(17)12-7-11(8-15(12)10-3-4-10)20(18,19)14-6-5-9-1-2-9/h7-10,14H,1-6H2,(H,16,17). The highest BCUT2D eigenvalue weighted by Crippen LogP contribution is 2.37. The van der Waals surface area contributed by atoms with Gasteiger partial charge in [0.25, 0.3) is 0 Å². The Morgan fingerprint density at radius 3 is 2.60 bits per heavy atom. The average Bonchev–Trinajstić information content (AvgIpc) is 3.29. The first-order chi connectivity index (χ1) is 9.47. The maximum atomic E-state index is 12.1. The number of sulfonamides is 1. The molecule has 2 N–H and O–H groups in total. The van der Waals surface area contributed by atoms with Crippen LogP contribution in [0.1, 0.15) is 48.6 Å². The Morgan fingerprint density at radius 2 is 2.05 bits per heavy atom. The van der Waals surface area contributed by atoms with Gasteiger partial charge in [-0.2, -0.15) is 0 Å². The van der Waals surface area contributed by atoms with E-state index in [4.69, 9.17) is 5.11 Å². The quantitative estimate of drug-likeness (QED) is 0.800. The van der Waals surface area contributed by atoms with Gasteiger partial charge in [-0.3, -0.25) is 0 Å². The summed E-state index contributed by atoms with van der Waals surface area (Å²) in [6.07, 6.45) is 6.48. The van der Waals surface area contributed by atoms with Gasteiger partial charge < -0.3 is 9.67 Å². The van der Waals surface area contributed by atoms with Crippen molar-refractivity contribution in [3.8, 4) is 0 Å². The van der Waals surface area contributed by atoms with Crippen LogP contribution in [0.15, 0.2) is 17.2 Å². The van der Waals surface area contributed by atoms with Crippen molar-refractivity contribution in [3.63, 3.8) is 0 Å². The minimum Gasteiger partial charge on any atom is -0.477 e. The summed E-state index contributed by atoms with van der Waals surface area (Å²) in [5, 5.41) is 9.14. The molecular formula is C13H18N2O4S. The first-order valence-electron chi connectivity index (χ1n) is 6.92. The number of rotatable bonds is 7. The van der Waals surface area contributed by atoms with Gasteiger partial charge in [0.05, 0.1) is 0 Å². The fraction of sp³-hybridized carbons (Fsp3) is 0.615. The average molecular weight is 298 g/mol. The minimum absolute atomic E-state index is 0.0510. The van der Waals surface area contributed by atoms with Crippen molar-refractivity contribution >= 4 is 16.0 Å². The van der Waals surface area contributed by atoms with Crippen LogP contribution in [0, 0.1) is 5.92 Å². The van der Waals surface area contributed by atoms with Crippen LogP contribution in [-0.2, 0) is 10.0 Å². The number of carboxylic acid groups (broad SMARTS) is 1. The molecule has 2 aliphatic rings. The maximum absolute atomic E-state index is 12.1. The first kappa shape index (κ1) is 13.6. The van der Waals surface area contributed by atoms with Crippen LogP contribution >= 0.6 is 0 Å². The number of nitrogens with one attached hydrogen (secondary N) is 1. The van der Waals surface area contributed by atoms with Crippen molar-refractivity contribution in [1.82, 2.24) is 9.29 Å². The fourth-order valence-corrected chi connectivity index (χ4v) is 3.39. The van der Waals surface area contributed by atoms with Gasteiger partial charge in [-0.1, -0.05) is 12.8 Å². The molecule has 0 spiro atoms. The van der Waals surface area contributed by atoms with Crippen molar-refractivity contribution in [3.05, 3.63) is 18.0 Å².